The van der Waals surface area contributed by atoms with Crippen molar-refractivity contribution >= 4 is 11.6 Å². The van der Waals surface area contributed by atoms with Crippen molar-refractivity contribution in [2.24, 2.45) is 11.8 Å². The zero-order chi connectivity index (χ0) is 13.7. The molecule has 2 bridgehead atoms. The standard InChI is InChI=1S/C16H20N2O2/c17-11-3-1-10(2-4-11)7-16(19)18-8-12-13(9-18)15-6-5-14(12)20-15/h1-4,12-15H,5-9,17H2. The Morgan fingerprint density at radius 1 is 1.15 bits per heavy atom. The second kappa shape index (κ2) is 4.48. The first-order valence-electron chi connectivity index (χ1n) is 7.48. The summed E-state index contributed by atoms with van der Waals surface area (Å²) in [7, 11) is 0. The number of rotatable bonds is 2. The zero-order valence-corrected chi connectivity index (χ0v) is 11.5. The van der Waals surface area contributed by atoms with Crippen LogP contribution >= 0.6 is 0 Å². The Bertz CT molecular complexity index is 510. The van der Waals surface area contributed by atoms with Gasteiger partial charge in [0.05, 0.1) is 18.6 Å². The molecule has 3 aliphatic heterocycles. The molecule has 4 rings (SSSR count). The van der Waals surface area contributed by atoms with Crippen LogP contribution in [-0.4, -0.2) is 36.1 Å². The molecule has 0 radical (unpaired) electrons. The summed E-state index contributed by atoms with van der Waals surface area (Å²) in [6.45, 7) is 1.78. The van der Waals surface area contributed by atoms with E-state index in [1.807, 2.05) is 29.2 Å². The van der Waals surface area contributed by atoms with E-state index in [1.165, 1.54) is 12.8 Å². The molecule has 4 unspecified atom stereocenters. The fraction of sp³-hybridized carbons (Fsp3) is 0.562. The van der Waals surface area contributed by atoms with Crippen LogP contribution < -0.4 is 5.73 Å². The van der Waals surface area contributed by atoms with Gasteiger partial charge in [0.25, 0.3) is 0 Å². The number of nitrogens with zero attached hydrogens (tertiary/aromatic N) is 1. The van der Waals surface area contributed by atoms with Gasteiger partial charge in [0, 0.05) is 30.6 Å². The summed E-state index contributed by atoms with van der Waals surface area (Å²) in [5, 5.41) is 0. The molecule has 4 atom stereocenters. The zero-order valence-electron chi connectivity index (χ0n) is 11.5. The second-order valence-electron chi connectivity index (χ2n) is 6.34. The molecule has 0 aromatic heterocycles. The molecular formula is C16H20N2O2. The molecule has 1 aromatic rings. The van der Waals surface area contributed by atoms with Crippen molar-refractivity contribution in [3.8, 4) is 0 Å². The highest BCUT2D eigenvalue weighted by Crippen LogP contribution is 2.47. The number of hydrogen-bond acceptors (Lipinski definition) is 3. The van der Waals surface area contributed by atoms with Gasteiger partial charge < -0.3 is 15.4 Å². The molecule has 0 saturated carbocycles. The van der Waals surface area contributed by atoms with E-state index in [9.17, 15) is 4.79 Å². The number of benzene rings is 1. The maximum Gasteiger partial charge on any atom is 0.227 e. The molecule has 1 aromatic carbocycles. The van der Waals surface area contributed by atoms with Crippen LogP contribution in [0, 0.1) is 11.8 Å². The quantitative estimate of drug-likeness (QED) is 0.829. The monoisotopic (exact) mass is 272 g/mol. The van der Waals surface area contributed by atoms with Gasteiger partial charge in [0.1, 0.15) is 0 Å². The lowest BCUT2D eigenvalue weighted by Crippen LogP contribution is -2.32. The highest BCUT2D eigenvalue weighted by molar-refractivity contribution is 5.79. The van der Waals surface area contributed by atoms with Crippen LogP contribution in [0.5, 0.6) is 0 Å². The highest BCUT2D eigenvalue weighted by atomic mass is 16.5. The maximum atomic E-state index is 12.4. The predicted molar refractivity (Wildman–Crippen MR) is 76.0 cm³/mol. The van der Waals surface area contributed by atoms with Crippen molar-refractivity contribution in [2.75, 3.05) is 18.8 Å². The minimum absolute atomic E-state index is 0.239. The minimum atomic E-state index is 0.239. The van der Waals surface area contributed by atoms with Crippen LogP contribution in [0.15, 0.2) is 24.3 Å². The molecule has 0 aliphatic carbocycles. The molecular weight excluding hydrogens is 252 g/mol. The van der Waals surface area contributed by atoms with Crippen LogP contribution in [0.3, 0.4) is 0 Å². The minimum Gasteiger partial charge on any atom is -0.399 e. The normalized spacial score (nSPS) is 34.5. The Kier molecular flexibility index (Phi) is 2.74. The number of likely N-dealkylation sites (tertiary alicyclic amines) is 1. The van der Waals surface area contributed by atoms with Gasteiger partial charge in [-0.15, -0.1) is 0 Å². The fourth-order valence-corrected chi connectivity index (χ4v) is 4.09. The number of nitrogen functional groups attached to an aromatic ring is 1. The van der Waals surface area contributed by atoms with Crippen molar-refractivity contribution in [1.29, 1.82) is 0 Å². The number of hydrogen-bond donors (Lipinski definition) is 1. The number of carbonyl (C=O) groups excluding carboxylic acids is 1. The summed E-state index contributed by atoms with van der Waals surface area (Å²) in [6.07, 6.45) is 3.69. The van der Waals surface area contributed by atoms with Crippen molar-refractivity contribution in [2.45, 2.75) is 31.5 Å². The van der Waals surface area contributed by atoms with Crippen LogP contribution in [-0.2, 0) is 16.0 Å². The third kappa shape index (κ3) is 1.90. The number of nitrogens with two attached hydrogens (primary N) is 1. The molecule has 4 nitrogen and oxygen atoms in total. The van der Waals surface area contributed by atoms with Gasteiger partial charge >= 0.3 is 0 Å². The molecule has 0 spiro atoms. The first-order chi connectivity index (χ1) is 9.70. The Labute approximate surface area is 118 Å². The lowest BCUT2D eigenvalue weighted by Gasteiger charge is -2.19. The van der Waals surface area contributed by atoms with Gasteiger partial charge in [-0.2, -0.15) is 0 Å². The van der Waals surface area contributed by atoms with E-state index >= 15 is 0 Å². The van der Waals surface area contributed by atoms with E-state index in [1.54, 1.807) is 0 Å². The molecule has 106 valence electrons. The molecule has 3 aliphatic rings. The van der Waals surface area contributed by atoms with Crippen LogP contribution in [0.4, 0.5) is 5.69 Å². The molecule has 3 heterocycles. The number of anilines is 1. The average Bonchev–Trinajstić information content (AvgIpc) is 3.13. The van der Waals surface area contributed by atoms with Gasteiger partial charge in [0.2, 0.25) is 5.91 Å². The molecule has 2 N–H and O–H groups in total. The number of carbonyl (C=O) groups is 1. The lowest BCUT2D eigenvalue weighted by atomic mass is 9.82. The molecule has 3 fully saturated rings. The van der Waals surface area contributed by atoms with Crippen LogP contribution in [0.1, 0.15) is 18.4 Å². The van der Waals surface area contributed by atoms with E-state index in [4.69, 9.17) is 10.5 Å². The Balaban J connectivity index is 1.42. The van der Waals surface area contributed by atoms with Gasteiger partial charge in [-0.1, -0.05) is 12.1 Å². The topological polar surface area (TPSA) is 55.6 Å². The molecule has 1 amide bonds. The average molecular weight is 272 g/mol. The fourth-order valence-electron chi connectivity index (χ4n) is 4.09. The van der Waals surface area contributed by atoms with E-state index < -0.39 is 0 Å². The van der Waals surface area contributed by atoms with E-state index in [0.29, 0.717) is 30.5 Å². The van der Waals surface area contributed by atoms with E-state index in [2.05, 4.69) is 0 Å². The molecule has 4 heteroatoms. The van der Waals surface area contributed by atoms with E-state index in [-0.39, 0.29) is 5.91 Å². The second-order valence-corrected chi connectivity index (χ2v) is 6.34. The van der Waals surface area contributed by atoms with Crippen molar-refractivity contribution in [1.82, 2.24) is 4.90 Å². The third-order valence-corrected chi connectivity index (χ3v) is 5.14. The van der Waals surface area contributed by atoms with Gasteiger partial charge in [0.15, 0.2) is 0 Å². The first kappa shape index (κ1) is 12.2. The van der Waals surface area contributed by atoms with Gasteiger partial charge in [-0.05, 0) is 30.5 Å². The summed E-state index contributed by atoms with van der Waals surface area (Å²) < 4.78 is 5.95. The molecule has 20 heavy (non-hydrogen) atoms. The maximum absolute atomic E-state index is 12.4. The summed E-state index contributed by atoms with van der Waals surface area (Å²) in [6, 6.07) is 7.60. The smallest absolute Gasteiger partial charge is 0.227 e. The van der Waals surface area contributed by atoms with E-state index in [0.717, 1.165) is 24.3 Å². The highest BCUT2D eigenvalue weighted by Gasteiger charge is 2.53. The van der Waals surface area contributed by atoms with Crippen LogP contribution in [0.2, 0.25) is 0 Å². The first-order valence-corrected chi connectivity index (χ1v) is 7.48. The van der Waals surface area contributed by atoms with Crippen molar-refractivity contribution in [3.05, 3.63) is 29.8 Å². The number of ether oxygens (including phenoxy) is 1. The van der Waals surface area contributed by atoms with Crippen molar-refractivity contribution < 1.29 is 9.53 Å². The molecule has 3 saturated heterocycles. The third-order valence-electron chi connectivity index (χ3n) is 5.14. The largest absolute Gasteiger partial charge is 0.399 e. The Morgan fingerprint density at radius 2 is 1.75 bits per heavy atom. The summed E-state index contributed by atoms with van der Waals surface area (Å²) >= 11 is 0. The summed E-state index contributed by atoms with van der Waals surface area (Å²) in [4.78, 5) is 14.5. The summed E-state index contributed by atoms with van der Waals surface area (Å²) in [5.74, 6) is 1.41. The SMILES string of the molecule is Nc1ccc(CC(=O)N2CC3C4CCC(O4)C3C2)cc1. The Morgan fingerprint density at radius 3 is 2.35 bits per heavy atom. The van der Waals surface area contributed by atoms with Gasteiger partial charge in [-0.25, -0.2) is 0 Å². The van der Waals surface area contributed by atoms with Crippen LogP contribution in [0.25, 0.3) is 0 Å². The number of fused-ring (bicyclic) bond motifs is 5. The van der Waals surface area contributed by atoms with Crippen molar-refractivity contribution in [3.63, 3.8) is 0 Å². The number of amides is 1. The lowest BCUT2D eigenvalue weighted by molar-refractivity contribution is -0.130. The predicted octanol–water partition coefficient (Wildman–Crippen LogP) is 1.45. The van der Waals surface area contributed by atoms with Gasteiger partial charge in [-0.3, -0.25) is 4.79 Å². The summed E-state index contributed by atoms with van der Waals surface area (Å²) in [5.41, 5.74) is 7.45. The Hall–Kier alpha value is -1.55.